The third kappa shape index (κ3) is 5.95. The maximum absolute atomic E-state index is 13.4. The largest absolute Gasteiger partial charge is 0.506 e. The number of nitrogens with one attached hydrogen (secondary N) is 4. The van der Waals surface area contributed by atoms with Gasteiger partial charge in [-0.15, -0.1) is 0 Å². The summed E-state index contributed by atoms with van der Waals surface area (Å²) in [4.78, 5) is 27.4. The Labute approximate surface area is 224 Å². The molecule has 1 aliphatic carbocycles. The Hall–Kier alpha value is -3.14. The Kier molecular flexibility index (Phi) is 8.16. The molecule has 1 saturated carbocycles. The molecule has 0 spiro atoms. The van der Waals surface area contributed by atoms with Crippen molar-refractivity contribution < 1.29 is 19.4 Å². The second kappa shape index (κ2) is 11.7. The summed E-state index contributed by atoms with van der Waals surface area (Å²) >= 11 is 0. The van der Waals surface area contributed by atoms with Crippen molar-refractivity contribution in [3.8, 4) is 11.5 Å². The van der Waals surface area contributed by atoms with E-state index in [0.717, 1.165) is 63.1 Å². The number of anilines is 1. The number of aromatic hydroxyl groups is 1. The first kappa shape index (κ1) is 26.5. The summed E-state index contributed by atoms with van der Waals surface area (Å²) in [5.41, 5.74) is 9.37. The molecule has 2 amide bonds. The monoisotopic (exact) mass is 521 g/mol. The van der Waals surface area contributed by atoms with E-state index < -0.39 is 0 Å². The first-order valence-corrected chi connectivity index (χ1v) is 13.7. The Balaban J connectivity index is 1.20. The summed E-state index contributed by atoms with van der Waals surface area (Å²) in [5, 5.41) is 16.2. The average Bonchev–Trinajstić information content (AvgIpc) is 3.33. The molecule has 5 atom stereocenters. The molecule has 2 aromatic rings. The topological polar surface area (TPSA) is 115 Å². The number of para-hydroxylation sites is 1. The summed E-state index contributed by atoms with van der Waals surface area (Å²) in [6.45, 7) is 4.10. The van der Waals surface area contributed by atoms with Gasteiger partial charge in [0.1, 0.15) is 11.5 Å². The molecule has 2 heterocycles. The van der Waals surface area contributed by atoms with Gasteiger partial charge in [-0.25, -0.2) is 5.43 Å². The number of fused-ring (bicyclic) bond motifs is 1. The average molecular weight is 522 g/mol. The van der Waals surface area contributed by atoms with Crippen LogP contribution in [0.5, 0.6) is 11.5 Å². The lowest BCUT2D eigenvalue weighted by Gasteiger charge is -2.36. The van der Waals surface area contributed by atoms with Gasteiger partial charge in [-0.2, -0.15) is 0 Å². The molecule has 3 fully saturated rings. The SMILES string of the molecule is COc1ccccc1CN1CCC[C@@H](NC(=O)C2CCC3NNC(c4ccc(O)c(NC(C)=O)c4)C3C2)C1. The molecule has 4 unspecified atom stereocenters. The molecule has 2 aliphatic heterocycles. The van der Waals surface area contributed by atoms with Crippen molar-refractivity contribution in [3.05, 3.63) is 53.6 Å². The molecule has 2 aromatic carbocycles. The number of benzene rings is 2. The van der Waals surface area contributed by atoms with Gasteiger partial charge in [0.2, 0.25) is 11.8 Å². The number of likely N-dealkylation sites (tertiary alicyclic amines) is 1. The van der Waals surface area contributed by atoms with Gasteiger partial charge in [0, 0.05) is 43.6 Å². The van der Waals surface area contributed by atoms with Crippen LogP contribution >= 0.6 is 0 Å². The molecular weight excluding hydrogens is 482 g/mol. The summed E-state index contributed by atoms with van der Waals surface area (Å²) in [6, 6.07) is 13.9. The summed E-state index contributed by atoms with van der Waals surface area (Å²) < 4.78 is 5.52. The Morgan fingerprint density at radius 3 is 2.79 bits per heavy atom. The number of hydrogen-bond donors (Lipinski definition) is 5. The molecule has 9 heteroatoms. The number of phenols is 1. The lowest BCUT2D eigenvalue weighted by atomic mass is 9.74. The lowest BCUT2D eigenvalue weighted by Crippen LogP contribution is -2.50. The quantitative estimate of drug-likeness (QED) is 0.356. The van der Waals surface area contributed by atoms with Gasteiger partial charge in [0.05, 0.1) is 18.8 Å². The van der Waals surface area contributed by atoms with Crippen molar-refractivity contribution in [1.82, 2.24) is 21.1 Å². The van der Waals surface area contributed by atoms with Crippen molar-refractivity contribution in [2.45, 2.75) is 63.7 Å². The minimum absolute atomic E-state index is 0.00488. The van der Waals surface area contributed by atoms with Crippen LogP contribution in [-0.4, -0.2) is 54.1 Å². The van der Waals surface area contributed by atoms with Crippen LogP contribution in [0.15, 0.2) is 42.5 Å². The van der Waals surface area contributed by atoms with Crippen molar-refractivity contribution in [1.29, 1.82) is 0 Å². The predicted octanol–water partition coefficient (Wildman–Crippen LogP) is 3.07. The van der Waals surface area contributed by atoms with Crippen molar-refractivity contribution in [2.75, 3.05) is 25.5 Å². The molecule has 0 bridgehead atoms. The van der Waals surface area contributed by atoms with Gasteiger partial charge >= 0.3 is 0 Å². The first-order chi connectivity index (χ1) is 18.4. The van der Waals surface area contributed by atoms with Gasteiger partial charge in [-0.3, -0.25) is 19.9 Å². The van der Waals surface area contributed by atoms with Crippen LogP contribution in [0.25, 0.3) is 0 Å². The number of amides is 2. The Morgan fingerprint density at radius 1 is 1.13 bits per heavy atom. The highest BCUT2D eigenvalue weighted by Gasteiger charge is 2.43. The number of piperidine rings is 1. The van der Waals surface area contributed by atoms with Crippen molar-refractivity contribution >= 4 is 17.5 Å². The maximum Gasteiger partial charge on any atom is 0.223 e. The standard InChI is InChI=1S/C29H39N5O4/c1-18(35)30-25-15-19(10-12-26(25)36)28-23-14-20(9-11-24(23)32-33-28)29(37)31-22-7-5-13-34(17-22)16-21-6-3-4-8-27(21)38-2/h3-4,6,8,10,12,15,20,22-24,28,32-33,36H,5,7,9,11,13-14,16-17H2,1-2H3,(H,30,35)(H,31,37)/t20?,22-,23?,24?,28?/m1/s1. The van der Waals surface area contributed by atoms with E-state index in [4.69, 9.17) is 4.74 Å². The Morgan fingerprint density at radius 2 is 1.97 bits per heavy atom. The zero-order chi connectivity index (χ0) is 26.6. The number of carbonyl (C=O) groups excluding carboxylic acids is 2. The normalized spacial score (nSPS) is 27.4. The molecule has 204 valence electrons. The number of phenolic OH excluding ortho intramolecular Hbond substituents is 1. The summed E-state index contributed by atoms with van der Waals surface area (Å²) in [5.74, 6) is 1.08. The van der Waals surface area contributed by atoms with Gasteiger partial charge in [-0.1, -0.05) is 24.3 Å². The second-order valence-electron chi connectivity index (χ2n) is 10.9. The molecular formula is C29H39N5O4. The van der Waals surface area contributed by atoms with Crippen molar-refractivity contribution in [3.63, 3.8) is 0 Å². The minimum Gasteiger partial charge on any atom is -0.506 e. The maximum atomic E-state index is 13.4. The number of hydrogen-bond acceptors (Lipinski definition) is 7. The van der Waals surface area contributed by atoms with E-state index in [-0.39, 0.29) is 47.5 Å². The number of nitrogens with zero attached hydrogens (tertiary/aromatic N) is 1. The third-order valence-corrected chi connectivity index (χ3v) is 8.25. The van der Waals surface area contributed by atoms with E-state index in [2.05, 4.69) is 32.5 Å². The smallest absolute Gasteiger partial charge is 0.223 e. The van der Waals surface area contributed by atoms with Gasteiger partial charge in [0.25, 0.3) is 0 Å². The van der Waals surface area contributed by atoms with E-state index >= 15 is 0 Å². The molecule has 0 radical (unpaired) electrons. The molecule has 38 heavy (non-hydrogen) atoms. The third-order valence-electron chi connectivity index (χ3n) is 8.25. The fraction of sp³-hybridized carbons (Fsp3) is 0.517. The highest BCUT2D eigenvalue weighted by atomic mass is 16.5. The zero-order valence-corrected chi connectivity index (χ0v) is 22.2. The number of rotatable bonds is 7. The number of hydrazine groups is 1. The van der Waals surface area contributed by atoms with Crippen LogP contribution in [0.2, 0.25) is 0 Å². The molecule has 0 aromatic heterocycles. The van der Waals surface area contributed by atoms with Crippen LogP contribution < -0.4 is 26.2 Å². The molecule has 5 rings (SSSR count). The van der Waals surface area contributed by atoms with Crippen LogP contribution in [-0.2, 0) is 16.1 Å². The fourth-order valence-electron chi connectivity index (χ4n) is 6.37. The number of ether oxygens (including phenoxy) is 1. The van der Waals surface area contributed by atoms with Crippen LogP contribution in [0.3, 0.4) is 0 Å². The summed E-state index contributed by atoms with van der Waals surface area (Å²) in [7, 11) is 1.70. The first-order valence-electron chi connectivity index (χ1n) is 13.7. The Bertz CT molecular complexity index is 1160. The highest BCUT2D eigenvalue weighted by Crippen LogP contribution is 2.42. The van der Waals surface area contributed by atoms with Crippen LogP contribution in [0.1, 0.15) is 56.2 Å². The van der Waals surface area contributed by atoms with Gasteiger partial charge in [0.15, 0.2) is 0 Å². The van der Waals surface area contributed by atoms with E-state index in [1.165, 1.54) is 12.5 Å². The zero-order valence-electron chi connectivity index (χ0n) is 22.2. The minimum atomic E-state index is -0.230. The van der Waals surface area contributed by atoms with Crippen molar-refractivity contribution in [2.24, 2.45) is 11.8 Å². The molecule has 9 nitrogen and oxygen atoms in total. The molecule has 5 N–H and O–H groups in total. The highest BCUT2D eigenvalue weighted by molar-refractivity contribution is 5.90. The van der Waals surface area contributed by atoms with E-state index in [1.807, 2.05) is 30.3 Å². The van der Waals surface area contributed by atoms with E-state index in [0.29, 0.717) is 5.69 Å². The molecule has 2 saturated heterocycles. The number of methoxy groups -OCH3 is 1. The number of carbonyl (C=O) groups is 2. The fourth-order valence-corrected chi connectivity index (χ4v) is 6.37. The van der Waals surface area contributed by atoms with E-state index in [1.54, 1.807) is 13.2 Å². The van der Waals surface area contributed by atoms with Crippen LogP contribution in [0.4, 0.5) is 5.69 Å². The predicted molar refractivity (Wildman–Crippen MR) is 145 cm³/mol. The van der Waals surface area contributed by atoms with Crippen LogP contribution in [0, 0.1) is 11.8 Å². The second-order valence-corrected chi connectivity index (χ2v) is 10.9. The lowest BCUT2D eigenvalue weighted by molar-refractivity contribution is -0.127. The van der Waals surface area contributed by atoms with Gasteiger partial charge < -0.3 is 20.5 Å². The molecule has 3 aliphatic rings. The van der Waals surface area contributed by atoms with E-state index in [9.17, 15) is 14.7 Å². The summed E-state index contributed by atoms with van der Waals surface area (Å²) in [6.07, 6.45) is 4.63. The van der Waals surface area contributed by atoms with Gasteiger partial charge in [-0.05, 0) is 68.3 Å².